The average Bonchev–Trinajstić information content (AvgIpc) is 2.42. The Morgan fingerprint density at radius 1 is 0.947 bits per heavy atom. The number of halogens is 1. The molecule has 100 valence electrons. The standard InChI is InChI=1S/C17H20ClN/c1-3-14-6-4-5-7-15(14)11-19-12-16-9-8-13(2)10-17(16)18/h4-10,19H,3,11-12H2,1-2H3. The summed E-state index contributed by atoms with van der Waals surface area (Å²) in [5.41, 5.74) is 5.13. The van der Waals surface area contributed by atoms with Crippen LogP contribution < -0.4 is 5.32 Å². The third kappa shape index (κ3) is 3.82. The first-order valence-corrected chi connectivity index (χ1v) is 7.11. The molecule has 0 amide bonds. The second kappa shape index (κ2) is 6.74. The summed E-state index contributed by atoms with van der Waals surface area (Å²) in [7, 11) is 0. The van der Waals surface area contributed by atoms with Crippen LogP contribution in [0, 0.1) is 6.92 Å². The number of hydrogen-bond acceptors (Lipinski definition) is 1. The van der Waals surface area contributed by atoms with Crippen LogP contribution in [0.2, 0.25) is 5.02 Å². The van der Waals surface area contributed by atoms with Crippen molar-refractivity contribution < 1.29 is 0 Å². The highest BCUT2D eigenvalue weighted by Crippen LogP contribution is 2.17. The van der Waals surface area contributed by atoms with Crippen LogP contribution in [-0.4, -0.2) is 0 Å². The Morgan fingerprint density at radius 3 is 2.32 bits per heavy atom. The van der Waals surface area contributed by atoms with E-state index in [1.54, 1.807) is 0 Å². The molecule has 0 aliphatic rings. The molecule has 2 heteroatoms. The average molecular weight is 274 g/mol. The Hall–Kier alpha value is -1.31. The Labute approximate surface area is 120 Å². The summed E-state index contributed by atoms with van der Waals surface area (Å²) in [5.74, 6) is 0. The molecule has 0 heterocycles. The van der Waals surface area contributed by atoms with Crippen LogP contribution in [0.5, 0.6) is 0 Å². The van der Waals surface area contributed by atoms with Crippen molar-refractivity contribution in [3.05, 3.63) is 69.7 Å². The van der Waals surface area contributed by atoms with Crippen LogP contribution in [-0.2, 0) is 19.5 Å². The van der Waals surface area contributed by atoms with Crippen molar-refractivity contribution in [2.24, 2.45) is 0 Å². The molecule has 0 saturated heterocycles. The molecule has 0 unspecified atom stereocenters. The largest absolute Gasteiger partial charge is 0.309 e. The van der Waals surface area contributed by atoms with Crippen LogP contribution in [0.15, 0.2) is 42.5 Å². The van der Waals surface area contributed by atoms with E-state index in [0.717, 1.165) is 30.1 Å². The molecule has 2 rings (SSSR count). The molecular weight excluding hydrogens is 254 g/mol. The molecule has 0 aromatic heterocycles. The summed E-state index contributed by atoms with van der Waals surface area (Å²) in [6, 6.07) is 14.8. The van der Waals surface area contributed by atoms with Gasteiger partial charge in [0.2, 0.25) is 0 Å². The molecule has 19 heavy (non-hydrogen) atoms. The van der Waals surface area contributed by atoms with Crippen LogP contribution in [0.25, 0.3) is 0 Å². The maximum absolute atomic E-state index is 6.23. The lowest BCUT2D eigenvalue weighted by molar-refractivity contribution is 0.688. The zero-order chi connectivity index (χ0) is 13.7. The maximum atomic E-state index is 6.23. The van der Waals surface area contributed by atoms with Gasteiger partial charge in [0, 0.05) is 18.1 Å². The molecule has 0 fully saturated rings. The maximum Gasteiger partial charge on any atom is 0.0453 e. The summed E-state index contributed by atoms with van der Waals surface area (Å²) in [4.78, 5) is 0. The minimum absolute atomic E-state index is 0.803. The molecule has 0 atom stereocenters. The number of aryl methyl sites for hydroxylation is 2. The molecule has 0 bridgehead atoms. The van der Waals surface area contributed by atoms with Gasteiger partial charge in [-0.3, -0.25) is 0 Å². The van der Waals surface area contributed by atoms with Gasteiger partial charge in [0.1, 0.15) is 0 Å². The fourth-order valence-corrected chi connectivity index (χ4v) is 2.50. The Bertz CT molecular complexity index is 549. The van der Waals surface area contributed by atoms with Gasteiger partial charge in [0.25, 0.3) is 0 Å². The van der Waals surface area contributed by atoms with E-state index >= 15 is 0 Å². The number of nitrogens with one attached hydrogen (secondary N) is 1. The first-order chi connectivity index (χ1) is 9.20. The highest BCUT2D eigenvalue weighted by atomic mass is 35.5. The van der Waals surface area contributed by atoms with E-state index in [9.17, 15) is 0 Å². The van der Waals surface area contributed by atoms with Crippen molar-refractivity contribution in [1.29, 1.82) is 0 Å². The van der Waals surface area contributed by atoms with Crippen molar-refractivity contribution in [3.8, 4) is 0 Å². The lowest BCUT2D eigenvalue weighted by Crippen LogP contribution is -2.14. The van der Waals surface area contributed by atoms with Crippen molar-refractivity contribution in [1.82, 2.24) is 5.32 Å². The fourth-order valence-electron chi connectivity index (χ4n) is 2.20. The molecule has 2 aromatic rings. The molecule has 0 saturated carbocycles. The SMILES string of the molecule is CCc1ccccc1CNCc1ccc(C)cc1Cl. The lowest BCUT2D eigenvalue weighted by atomic mass is 10.1. The van der Waals surface area contributed by atoms with Gasteiger partial charge in [-0.05, 0) is 41.7 Å². The summed E-state index contributed by atoms with van der Waals surface area (Å²) in [5, 5.41) is 4.31. The zero-order valence-electron chi connectivity index (χ0n) is 11.5. The van der Waals surface area contributed by atoms with Gasteiger partial charge in [-0.25, -0.2) is 0 Å². The minimum atomic E-state index is 0.803. The fraction of sp³-hybridized carbons (Fsp3) is 0.294. The van der Waals surface area contributed by atoms with Crippen molar-refractivity contribution in [2.75, 3.05) is 0 Å². The summed E-state index contributed by atoms with van der Waals surface area (Å²) >= 11 is 6.23. The summed E-state index contributed by atoms with van der Waals surface area (Å²) in [6.45, 7) is 5.93. The van der Waals surface area contributed by atoms with E-state index in [4.69, 9.17) is 11.6 Å². The van der Waals surface area contributed by atoms with Crippen molar-refractivity contribution >= 4 is 11.6 Å². The highest BCUT2D eigenvalue weighted by molar-refractivity contribution is 6.31. The smallest absolute Gasteiger partial charge is 0.0453 e. The van der Waals surface area contributed by atoms with Gasteiger partial charge in [-0.15, -0.1) is 0 Å². The zero-order valence-corrected chi connectivity index (χ0v) is 12.3. The second-order valence-corrected chi connectivity index (χ2v) is 5.23. The minimum Gasteiger partial charge on any atom is -0.309 e. The summed E-state index contributed by atoms with van der Waals surface area (Å²) in [6.07, 6.45) is 1.07. The van der Waals surface area contributed by atoms with Crippen molar-refractivity contribution in [3.63, 3.8) is 0 Å². The van der Waals surface area contributed by atoms with Crippen LogP contribution in [0.4, 0.5) is 0 Å². The molecular formula is C17H20ClN. The van der Waals surface area contributed by atoms with Crippen LogP contribution in [0.1, 0.15) is 29.2 Å². The van der Waals surface area contributed by atoms with E-state index in [0.29, 0.717) is 0 Å². The summed E-state index contributed by atoms with van der Waals surface area (Å²) < 4.78 is 0. The van der Waals surface area contributed by atoms with E-state index in [1.165, 1.54) is 16.7 Å². The predicted octanol–water partition coefficient (Wildman–Crippen LogP) is 4.50. The highest BCUT2D eigenvalue weighted by Gasteiger charge is 2.02. The van der Waals surface area contributed by atoms with Gasteiger partial charge >= 0.3 is 0 Å². The van der Waals surface area contributed by atoms with Crippen molar-refractivity contribution in [2.45, 2.75) is 33.4 Å². The number of hydrogen-bond donors (Lipinski definition) is 1. The van der Waals surface area contributed by atoms with Gasteiger partial charge in [0.05, 0.1) is 0 Å². The molecule has 2 aromatic carbocycles. The second-order valence-electron chi connectivity index (χ2n) is 4.82. The third-order valence-electron chi connectivity index (χ3n) is 3.34. The third-order valence-corrected chi connectivity index (χ3v) is 3.69. The Morgan fingerprint density at radius 2 is 1.63 bits per heavy atom. The Balaban J connectivity index is 1.96. The molecule has 1 N–H and O–H groups in total. The molecule has 1 nitrogen and oxygen atoms in total. The molecule has 0 aliphatic heterocycles. The van der Waals surface area contributed by atoms with Crippen LogP contribution >= 0.6 is 11.6 Å². The van der Waals surface area contributed by atoms with E-state index < -0.39 is 0 Å². The van der Waals surface area contributed by atoms with Gasteiger partial charge in [0.15, 0.2) is 0 Å². The van der Waals surface area contributed by atoms with E-state index in [-0.39, 0.29) is 0 Å². The first-order valence-electron chi connectivity index (χ1n) is 6.73. The van der Waals surface area contributed by atoms with Gasteiger partial charge < -0.3 is 5.32 Å². The van der Waals surface area contributed by atoms with Gasteiger partial charge in [-0.2, -0.15) is 0 Å². The van der Waals surface area contributed by atoms with E-state index in [1.807, 2.05) is 6.07 Å². The first kappa shape index (κ1) is 14.1. The quantitative estimate of drug-likeness (QED) is 0.846. The molecule has 0 radical (unpaired) electrons. The molecule has 0 spiro atoms. The topological polar surface area (TPSA) is 12.0 Å². The number of benzene rings is 2. The van der Waals surface area contributed by atoms with E-state index in [2.05, 4.69) is 55.6 Å². The lowest BCUT2D eigenvalue weighted by Gasteiger charge is -2.10. The molecule has 0 aliphatic carbocycles. The van der Waals surface area contributed by atoms with Crippen LogP contribution in [0.3, 0.4) is 0 Å². The Kier molecular flexibility index (Phi) is 5.00. The van der Waals surface area contributed by atoms with Gasteiger partial charge in [-0.1, -0.05) is 54.9 Å². The number of rotatable bonds is 5. The monoisotopic (exact) mass is 273 g/mol. The normalized spacial score (nSPS) is 10.7. The predicted molar refractivity (Wildman–Crippen MR) is 82.6 cm³/mol.